The lowest BCUT2D eigenvalue weighted by Gasteiger charge is -2.40. The Morgan fingerprint density at radius 2 is 1.92 bits per heavy atom. The summed E-state index contributed by atoms with van der Waals surface area (Å²) in [5, 5.41) is 14.9. The number of aliphatic hydroxyl groups is 1. The number of carbonyl (C=O) groups excluding carboxylic acids is 2. The molecule has 2 aliphatic heterocycles. The second-order valence-corrected chi connectivity index (χ2v) is 11.4. The van der Waals surface area contributed by atoms with Crippen LogP contribution in [0.15, 0.2) is 30.6 Å². The number of nitrogens with two attached hydrogens (primary N) is 1. The average molecular weight is 533 g/mol. The van der Waals surface area contributed by atoms with Crippen LogP contribution in [-0.2, 0) is 15.1 Å². The zero-order valence-electron chi connectivity index (χ0n) is 22.4. The molecule has 0 unspecified atom stereocenters. The van der Waals surface area contributed by atoms with Crippen molar-refractivity contribution in [1.29, 1.82) is 0 Å². The Balaban J connectivity index is 1.27. The molecule has 204 valence electrons. The first-order valence-electron chi connectivity index (χ1n) is 13.2. The fourth-order valence-electron chi connectivity index (χ4n) is 5.00. The van der Waals surface area contributed by atoms with E-state index in [-0.39, 0.29) is 30.0 Å². The molecule has 5 heterocycles. The molecule has 11 nitrogen and oxygen atoms in total. The summed E-state index contributed by atoms with van der Waals surface area (Å²) in [6.45, 7) is 8.45. The first-order chi connectivity index (χ1) is 18.4. The van der Waals surface area contributed by atoms with Crippen LogP contribution in [0.4, 0.5) is 11.6 Å². The second-order valence-electron chi connectivity index (χ2n) is 11.4. The van der Waals surface area contributed by atoms with Gasteiger partial charge in [-0.1, -0.05) is 6.92 Å². The third-order valence-electron chi connectivity index (χ3n) is 7.79. The van der Waals surface area contributed by atoms with E-state index in [0.29, 0.717) is 60.1 Å². The fraction of sp³-hybridized carbons (Fsp3) is 0.464. The van der Waals surface area contributed by atoms with Crippen LogP contribution in [0.1, 0.15) is 68.1 Å². The molecule has 4 N–H and O–H groups in total. The molecule has 1 saturated heterocycles. The molecule has 3 aromatic heterocycles. The third kappa shape index (κ3) is 4.55. The van der Waals surface area contributed by atoms with Gasteiger partial charge < -0.3 is 30.5 Å². The topological polar surface area (TPSA) is 153 Å². The van der Waals surface area contributed by atoms with E-state index < -0.39 is 11.1 Å². The Morgan fingerprint density at radius 3 is 2.62 bits per heavy atom. The maximum Gasteiger partial charge on any atom is 0.340 e. The molecule has 1 saturated carbocycles. The summed E-state index contributed by atoms with van der Waals surface area (Å²) in [6, 6.07) is 5.33. The van der Waals surface area contributed by atoms with Gasteiger partial charge in [0, 0.05) is 23.9 Å². The Morgan fingerprint density at radius 1 is 1.18 bits per heavy atom. The first kappa shape index (κ1) is 25.4. The Hall–Kier alpha value is -3.83. The first-order valence-corrected chi connectivity index (χ1v) is 13.2. The third-order valence-corrected chi connectivity index (χ3v) is 7.79. The number of hydrogen-bond donors (Lipinski definition) is 3. The van der Waals surface area contributed by atoms with Crippen LogP contribution in [0.25, 0.3) is 10.8 Å². The maximum absolute atomic E-state index is 12.3. The monoisotopic (exact) mass is 532 g/mol. The molecule has 2 fully saturated rings. The largest absolute Gasteiger partial charge is 0.470 e. The number of cyclic esters (lactones) is 1. The average Bonchev–Trinajstić information content (AvgIpc) is 3.61. The van der Waals surface area contributed by atoms with Gasteiger partial charge in [0.05, 0.1) is 29.7 Å². The number of amides is 1. The van der Waals surface area contributed by atoms with Crippen LogP contribution >= 0.6 is 0 Å². The molecule has 2 atom stereocenters. The van der Waals surface area contributed by atoms with Crippen LogP contribution < -0.4 is 15.8 Å². The lowest BCUT2D eigenvalue weighted by Crippen LogP contribution is -2.59. The minimum Gasteiger partial charge on any atom is -0.470 e. The molecule has 3 aliphatic rings. The predicted molar refractivity (Wildman–Crippen MR) is 143 cm³/mol. The number of likely N-dealkylation sites (tertiary alicyclic amines) is 1. The second kappa shape index (κ2) is 8.85. The summed E-state index contributed by atoms with van der Waals surface area (Å²) in [6.07, 6.45) is 3.95. The van der Waals surface area contributed by atoms with Gasteiger partial charge >= 0.3 is 5.97 Å². The Labute approximate surface area is 225 Å². The molecule has 1 aliphatic carbocycles. The quantitative estimate of drug-likeness (QED) is 0.404. The molecule has 0 radical (unpaired) electrons. The Kier molecular flexibility index (Phi) is 5.78. The molecule has 3 aromatic rings. The van der Waals surface area contributed by atoms with E-state index >= 15 is 0 Å². The lowest BCUT2D eigenvalue weighted by molar-refractivity contribution is -0.151. The highest BCUT2D eigenvalue weighted by molar-refractivity contribution is 5.93. The van der Waals surface area contributed by atoms with Gasteiger partial charge in [0.25, 0.3) is 5.91 Å². The summed E-state index contributed by atoms with van der Waals surface area (Å²) in [7, 11) is 0. The standard InChI is InChI=1S/C28H32N6O5/c1-14-15(2)38-25(35)17-5-6-21(33-23(14)17)32-22-9-18-19(10-30-22)24(31-11-20(18)27(3,4)29)39-16-12-34(13-16)26(36)28(37)7-8-28/h5-6,9-11,14-16,37H,7-8,12-13,29H2,1-4H3,(H,30,32,33)/t14-,15-/m0/s1. The number of anilines is 2. The van der Waals surface area contributed by atoms with Crippen LogP contribution in [0.2, 0.25) is 0 Å². The van der Waals surface area contributed by atoms with E-state index in [2.05, 4.69) is 15.3 Å². The fourth-order valence-corrected chi connectivity index (χ4v) is 5.00. The van der Waals surface area contributed by atoms with Crippen molar-refractivity contribution in [3.05, 3.63) is 47.4 Å². The Bertz CT molecular complexity index is 1490. The number of hydrogen-bond acceptors (Lipinski definition) is 10. The molecule has 0 aromatic carbocycles. The van der Waals surface area contributed by atoms with E-state index in [1.165, 1.54) is 0 Å². The van der Waals surface area contributed by atoms with Gasteiger partial charge in [-0.25, -0.2) is 19.7 Å². The normalized spacial score (nSPS) is 22.1. The van der Waals surface area contributed by atoms with Gasteiger partial charge in [0.15, 0.2) is 0 Å². The number of fused-ring (bicyclic) bond motifs is 2. The molecular formula is C28H32N6O5. The maximum atomic E-state index is 12.3. The lowest BCUT2D eigenvalue weighted by atomic mass is 9.93. The molecule has 0 bridgehead atoms. The number of carbonyl (C=O) groups is 2. The van der Waals surface area contributed by atoms with Crippen molar-refractivity contribution in [2.24, 2.45) is 5.73 Å². The molecule has 39 heavy (non-hydrogen) atoms. The number of rotatable bonds is 6. The van der Waals surface area contributed by atoms with E-state index in [1.807, 2.05) is 33.8 Å². The molecule has 6 rings (SSSR count). The summed E-state index contributed by atoms with van der Waals surface area (Å²) < 4.78 is 11.5. The smallest absolute Gasteiger partial charge is 0.340 e. The highest BCUT2D eigenvalue weighted by atomic mass is 16.5. The van der Waals surface area contributed by atoms with Crippen molar-refractivity contribution < 1.29 is 24.2 Å². The minimum absolute atomic E-state index is 0.0376. The summed E-state index contributed by atoms with van der Waals surface area (Å²) in [5.41, 5.74) is 6.61. The van der Waals surface area contributed by atoms with Gasteiger partial charge in [-0.2, -0.15) is 0 Å². The van der Waals surface area contributed by atoms with Crippen molar-refractivity contribution in [3.63, 3.8) is 0 Å². The van der Waals surface area contributed by atoms with Gasteiger partial charge in [-0.15, -0.1) is 0 Å². The molecule has 1 amide bonds. The van der Waals surface area contributed by atoms with E-state index in [1.54, 1.807) is 29.4 Å². The minimum atomic E-state index is -1.18. The van der Waals surface area contributed by atoms with Crippen molar-refractivity contribution in [3.8, 4) is 5.88 Å². The van der Waals surface area contributed by atoms with Crippen LogP contribution in [0, 0.1) is 0 Å². The zero-order chi connectivity index (χ0) is 27.7. The van der Waals surface area contributed by atoms with Crippen LogP contribution in [-0.4, -0.2) is 67.7 Å². The van der Waals surface area contributed by atoms with Crippen molar-refractivity contribution in [2.75, 3.05) is 18.4 Å². The number of ether oxygens (including phenoxy) is 2. The van der Waals surface area contributed by atoms with Gasteiger partial charge in [0.2, 0.25) is 5.88 Å². The highest BCUT2D eigenvalue weighted by Crippen LogP contribution is 2.39. The zero-order valence-corrected chi connectivity index (χ0v) is 22.4. The van der Waals surface area contributed by atoms with Crippen molar-refractivity contribution in [1.82, 2.24) is 19.9 Å². The van der Waals surface area contributed by atoms with Gasteiger partial charge in [-0.3, -0.25) is 4.79 Å². The van der Waals surface area contributed by atoms with Gasteiger partial charge in [0.1, 0.15) is 29.4 Å². The summed E-state index contributed by atoms with van der Waals surface area (Å²) in [4.78, 5) is 40.0. The van der Waals surface area contributed by atoms with Crippen LogP contribution in [0.3, 0.4) is 0 Å². The van der Waals surface area contributed by atoms with E-state index in [4.69, 9.17) is 20.2 Å². The summed E-state index contributed by atoms with van der Waals surface area (Å²) >= 11 is 0. The predicted octanol–water partition coefficient (Wildman–Crippen LogP) is 2.74. The highest BCUT2D eigenvalue weighted by Gasteiger charge is 2.52. The number of aromatic nitrogens is 3. The van der Waals surface area contributed by atoms with Crippen molar-refractivity contribution in [2.45, 2.75) is 69.8 Å². The molecule has 0 spiro atoms. The molecule has 11 heteroatoms. The van der Waals surface area contributed by atoms with E-state index in [0.717, 1.165) is 10.9 Å². The molecular weight excluding hydrogens is 500 g/mol. The van der Waals surface area contributed by atoms with Crippen molar-refractivity contribution >= 4 is 34.3 Å². The number of nitrogens with zero attached hydrogens (tertiary/aromatic N) is 4. The number of esters is 1. The van der Waals surface area contributed by atoms with Crippen LogP contribution in [0.5, 0.6) is 5.88 Å². The van der Waals surface area contributed by atoms with E-state index in [9.17, 15) is 14.7 Å². The van der Waals surface area contributed by atoms with Gasteiger partial charge in [-0.05, 0) is 62.8 Å². The number of nitrogens with one attached hydrogen (secondary N) is 1. The SMILES string of the molecule is C[C@@H]1OC(=O)c2ccc(Nc3cc4c(C(C)(C)N)cnc(OC5CN(C(=O)C6(O)CC6)C5)c4cn3)nc2[C@H]1C. The summed E-state index contributed by atoms with van der Waals surface area (Å²) in [5.74, 6) is 0.890. The number of pyridine rings is 3.